The van der Waals surface area contributed by atoms with E-state index in [0.717, 1.165) is 34.7 Å². The first-order valence-corrected chi connectivity index (χ1v) is 8.04. The topological polar surface area (TPSA) is 21.3 Å². The quantitative estimate of drug-likeness (QED) is 0.853. The minimum Gasteiger partial charge on any atom is -0.496 e. The summed E-state index contributed by atoms with van der Waals surface area (Å²) >= 11 is 6.28. The van der Waals surface area contributed by atoms with Crippen LogP contribution in [-0.4, -0.2) is 13.2 Å². The molecule has 0 spiro atoms. The average molecular weight is 296 g/mol. The zero-order chi connectivity index (χ0) is 14.5. The van der Waals surface area contributed by atoms with Crippen molar-refractivity contribution in [2.24, 2.45) is 11.8 Å². The Labute approximate surface area is 127 Å². The van der Waals surface area contributed by atoms with Crippen LogP contribution in [-0.2, 0) is 6.54 Å². The van der Waals surface area contributed by atoms with Crippen LogP contribution in [0.2, 0.25) is 5.02 Å². The number of hydrogen-bond acceptors (Lipinski definition) is 2. The zero-order valence-electron chi connectivity index (χ0n) is 12.8. The number of rotatable bonds is 5. The van der Waals surface area contributed by atoms with Gasteiger partial charge < -0.3 is 10.1 Å². The maximum atomic E-state index is 6.28. The number of benzene rings is 1. The fourth-order valence-electron chi connectivity index (χ4n) is 3.17. The van der Waals surface area contributed by atoms with E-state index in [-0.39, 0.29) is 0 Å². The van der Waals surface area contributed by atoms with Gasteiger partial charge in [-0.2, -0.15) is 0 Å². The SMILES string of the molecule is COc1cccc(Cl)c1CNC1CCCC(C(C)C)C1. The van der Waals surface area contributed by atoms with Crippen LogP contribution in [0.5, 0.6) is 5.75 Å². The molecule has 0 radical (unpaired) electrons. The van der Waals surface area contributed by atoms with Crippen molar-refractivity contribution < 1.29 is 4.74 Å². The van der Waals surface area contributed by atoms with E-state index in [4.69, 9.17) is 16.3 Å². The van der Waals surface area contributed by atoms with Crippen molar-refractivity contribution >= 4 is 11.6 Å². The maximum Gasteiger partial charge on any atom is 0.124 e. The molecule has 0 bridgehead atoms. The van der Waals surface area contributed by atoms with Gasteiger partial charge in [0.15, 0.2) is 0 Å². The van der Waals surface area contributed by atoms with Crippen molar-refractivity contribution in [3.05, 3.63) is 28.8 Å². The van der Waals surface area contributed by atoms with Crippen LogP contribution in [0, 0.1) is 11.8 Å². The molecule has 0 aliphatic heterocycles. The maximum absolute atomic E-state index is 6.28. The van der Waals surface area contributed by atoms with Gasteiger partial charge in [-0.15, -0.1) is 0 Å². The van der Waals surface area contributed by atoms with Crippen LogP contribution in [0.15, 0.2) is 18.2 Å². The second-order valence-corrected chi connectivity index (χ2v) is 6.58. The minimum absolute atomic E-state index is 0.608. The van der Waals surface area contributed by atoms with Gasteiger partial charge in [0, 0.05) is 23.2 Å². The van der Waals surface area contributed by atoms with Crippen LogP contribution in [0.3, 0.4) is 0 Å². The third-order valence-electron chi connectivity index (χ3n) is 4.52. The number of ether oxygens (including phenoxy) is 1. The summed E-state index contributed by atoms with van der Waals surface area (Å²) in [5.41, 5.74) is 1.07. The predicted molar refractivity (Wildman–Crippen MR) is 85.4 cm³/mol. The number of methoxy groups -OCH3 is 1. The molecule has 112 valence electrons. The molecule has 2 nitrogen and oxygen atoms in total. The lowest BCUT2D eigenvalue weighted by molar-refractivity contribution is 0.230. The lowest BCUT2D eigenvalue weighted by Crippen LogP contribution is -2.35. The highest BCUT2D eigenvalue weighted by molar-refractivity contribution is 6.31. The summed E-state index contributed by atoms with van der Waals surface area (Å²) in [6, 6.07) is 6.44. The van der Waals surface area contributed by atoms with Gasteiger partial charge in [-0.25, -0.2) is 0 Å². The van der Waals surface area contributed by atoms with Gasteiger partial charge in [-0.05, 0) is 36.8 Å². The van der Waals surface area contributed by atoms with Gasteiger partial charge in [0.2, 0.25) is 0 Å². The van der Waals surface area contributed by atoms with Crippen molar-refractivity contribution in [1.82, 2.24) is 5.32 Å². The molecule has 1 saturated carbocycles. The zero-order valence-corrected chi connectivity index (χ0v) is 13.5. The summed E-state index contributed by atoms with van der Waals surface area (Å²) in [6.07, 6.45) is 5.27. The van der Waals surface area contributed by atoms with Crippen LogP contribution in [0.25, 0.3) is 0 Å². The lowest BCUT2D eigenvalue weighted by Gasteiger charge is -2.32. The van der Waals surface area contributed by atoms with Crippen molar-refractivity contribution in [2.45, 2.75) is 52.1 Å². The fourth-order valence-corrected chi connectivity index (χ4v) is 3.40. The number of halogens is 1. The summed E-state index contributed by atoms with van der Waals surface area (Å²) in [4.78, 5) is 0. The smallest absolute Gasteiger partial charge is 0.124 e. The Kier molecular flexibility index (Phi) is 5.74. The number of hydrogen-bond donors (Lipinski definition) is 1. The first-order chi connectivity index (χ1) is 9.61. The average Bonchev–Trinajstić information content (AvgIpc) is 2.46. The normalized spacial score (nSPS) is 23.1. The van der Waals surface area contributed by atoms with Gasteiger partial charge in [0.05, 0.1) is 7.11 Å². The van der Waals surface area contributed by atoms with E-state index in [9.17, 15) is 0 Å². The first kappa shape index (κ1) is 15.7. The summed E-state index contributed by atoms with van der Waals surface area (Å²) in [5.74, 6) is 2.52. The molecule has 2 unspecified atom stereocenters. The molecule has 1 aliphatic carbocycles. The van der Waals surface area contributed by atoms with E-state index < -0.39 is 0 Å². The van der Waals surface area contributed by atoms with Gasteiger partial charge in [-0.1, -0.05) is 44.4 Å². The van der Waals surface area contributed by atoms with Crippen LogP contribution in [0.1, 0.15) is 45.1 Å². The molecule has 1 aromatic carbocycles. The van der Waals surface area contributed by atoms with Crippen LogP contribution in [0.4, 0.5) is 0 Å². The second kappa shape index (κ2) is 7.33. The molecule has 2 rings (SSSR count). The Morgan fingerprint density at radius 2 is 2.15 bits per heavy atom. The Balaban J connectivity index is 1.95. The van der Waals surface area contributed by atoms with Crippen LogP contribution >= 0.6 is 11.6 Å². The van der Waals surface area contributed by atoms with Gasteiger partial charge in [-0.3, -0.25) is 0 Å². The third kappa shape index (κ3) is 3.89. The standard InChI is InChI=1S/C17H26ClNO/c1-12(2)13-6-4-7-14(10-13)19-11-15-16(18)8-5-9-17(15)20-3/h5,8-9,12-14,19H,4,6-7,10-11H2,1-3H3. The molecule has 3 heteroatoms. The Morgan fingerprint density at radius 1 is 1.35 bits per heavy atom. The molecule has 1 aromatic rings. The fraction of sp³-hybridized carbons (Fsp3) is 0.647. The molecule has 0 amide bonds. The van der Waals surface area contributed by atoms with Crippen molar-refractivity contribution in [3.8, 4) is 5.75 Å². The van der Waals surface area contributed by atoms with Crippen LogP contribution < -0.4 is 10.1 Å². The molecule has 0 aromatic heterocycles. The minimum atomic E-state index is 0.608. The third-order valence-corrected chi connectivity index (χ3v) is 4.87. The molecular weight excluding hydrogens is 270 g/mol. The van der Waals surface area contributed by atoms with E-state index in [1.54, 1.807) is 7.11 Å². The molecule has 2 atom stereocenters. The first-order valence-electron chi connectivity index (χ1n) is 7.66. The van der Waals surface area contributed by atoms with E-state index in [1.807, 2.05) is 18.2 Å². The molecule has 20 heavy (non-hydrogen) atoms. The Morgan fingerprint density at radius 3 is 2.85 bits per heavy atom. The lowest BCUT2D eigenvalue weighted by atomic mass is 9.79. The highest BCUT2D eigenvalue weighted by Crippen LogP contribution is 2.31. The molecule has 0 saturated heterocycles. The highest BCUT2D eigenvalue weighted by atomic mass is 35.5. The molecule has 1 fully saturated rings. The van der Waals surface area contributed by atoms with Crippen molar-refractivity contribution in [3.63, 3.8) is 0 Å². The Hall–Kier alpha value is -0.730. The molecule has 1 aliphatic rings. The molecule has 1 N–H and O–H groups in total. The largest absolute Gasteiger partial charge is 0.496 e. The van der Waals surface area contributed by atoms with Gasteiger partial charge in [0.25, 0.3) is 0 Å². The predicted octanol–water partition coefficient (Wildman–Crippen LogP) is 4.65. The molecular formula is C17H26ClNO. The van der Waals surface area contributed by atoms with E-state index >= 15 is 0 Å². The monoisotopic (exact) mass is 295 g/mol. The van der Waals surface area contributed by atoms with Crippen molar-refractivity contribution in [1.29, 1.82) is 0 Å². The van der Waals surface area contributed by atoms with E-state index in [2.05, 4.69) is 19.2 Å². The van der Waals surface area contributed by atoms with Gasteiger partial charge >= 0.3 is 0 Å². The van der Waals surface area contributed by atoms with Crippen molar-refractivity contribution in [2.75, 3.05) is 7.11 Å². The highest BCUT2D eigenvalue weighted by Gasteiger charge is 2.24. The van der Waals surface area contributed by atoms with E-state index in [0.29, 0.717) is 6.04 Å². The molecule has 0 heterocycles. The second-order valence-electron chi connectivity index (χ2n) is 6.17. The summed E-state index contributed by atoms with van der Waals surface area (Å²) in [5, 5.41) is 4.46. The summed E-state index contributed by atoms with van der Waals surface area (Å²) < 4.78 is 5.40. The number of nitrogens with one attached hydrogen (secondary N) is 1. The van der Waals surface area contributed by atoms with E-state index in [1.165, 1.54) is 25.7 Å². The Bertz CT molecular complexity index is 433. The summed E-state index contributed by atoms with van der Waals surface area (Å²) in [7, 11) is 1.70. The van der Waals surface area contributed by atoms with Gasteiger partial charge in [0.1, 0.15) is 5.75 Å². The summed E-state index contributed by atoms with van der Waals surface area (Å²) in [6.45, 7) is 5.46.